The highest BCUT2D eigenvalue weighted by molar-refractivity contribution is 5.13. The molecule has 96 valence electrons. The summed E-state index contributed by atoms with van der Waals surface area (Å²) >= 11 is 0. The van der Waals surface area contributed by atoms with Crippen LogP contribution in [0.2, 0.25) is 0 Å². The van der Waals surface area contributed by atoms with Crippen LogP contribution in [0, 0.1) is 0 Å². The van der Waals surface area contributed by atoms with E-state index < -0.39 is 0 Å². The number of ether oxygens (including phenoxy) is 1. The molecule has 1 atom stereocenters. The average molecular weight is 237 g/mol. The summed E-state index contributed by atoms with van der Waals surface area (Å²) in [6.07, 6.45) is 1.84. The Morgan fingerprint density at radius 3 is 2.71 bits per heavy atom. The number of aliphatic hydroxyl groups is 1. The second-order valence-electron chi connectivity index (χ2n) is 4.16. The zero-order valence-electron chi connectivity index (χ0n) is 10.6. The van der Waals surface area contributed by atoms with Gasteiger partial charge >= 0.3 is 0 Å². The van der Waals surface area contributed by atoms with Crippen LogP contribution in [-0.2, 0) is 11.3 Å². The van der Waals surface area contributed by atoms with E-state index in [-0.39, 0.29) is 12.6 Å². The summed E-state index contributed by atoms with van der Waals surface area (Å²) in [7, 11) is 0. The maximum Gasteiger partial charge on any atom is 0.0717 e. The lowest BCUT2D eigenvalue weighted by atomic mass is 10.2. The van der Waals surface area contributed by atoms with Crippen LogP contribution in [0.1, 0.15) is 25.3 Å². The van der Waals surface area contributed by atoms with Crippen LogP contribution in [0.4, 0.5) is 0 Å². The molecule has 1 aromatic rings. The van der Waals surface area contributed by atoms with Crippen molar-refractivity contribution >= 4 is 0 Å². The van der Waals surface area contributed by atoms with Crippen molar-refractivity contribution in [3.05, 3.63) is 35.9 Å². The molecule has 0 radical (unpaired) electrons. The Bertz CT molecular complexity index is 277. The summed E-state index contributed by atoms with van der Waals surface area (Å²) in [5.74, 6) is 0. The second-order valence-corrected chi connectivity index (χ2v) is 4.16. The molecule has 0 aliphatic rings. The molecule has 0 aliphatic carbocycles. The van der Waals surface area contributed by atoms with E-state index in [2.05, 4.69) is 24.4 Å². The molecule has 3 heteroatoms. The van der Waals surface area contributed by atoms with Crippen molar-refractivity contribution in [3.63, 3.8) is 0 Å². The summed E-state index contributed by atoms with van der Waals surface area (Å²) in [4.78, 5) is 0. The zero-order valence-corrected chi connectivity index (χ0v) is 10.6. The molecular weight excluding hydrogens is 214 g/mol. The molecule has 0 amide bonds. The Morgan fingerprint density at radius 2 is 2.06 bits per heavy atom. The standard InChI is InChI=1S/C14H23NO2/c1-2-9-15-14(8-10-16)12-17-11-13-6-4-3-5-7-13/h3-7,14-16H,2,8-12H2,1H3. The lowest BCUT2D eigenvalue weighted by Gasteiger charge is -2.17. The van der Waals surface area contributed by atoms with E-state index in [1.54, 1.807) is 0 Å². The van der Waals surface area contributed by atoms with Gasteiger partial charge in [0.25, 0.3) is 0 Å². The van der Waals surface area contributed by atoms with Crippen LogP contribution in [0.15, 0.2) is 30.3 Å². The van der Waals surface area contributed by atoms with Crippen molar-refractivity contribution < 1.29 is 9.84 Å². The van der Waals surface area contributed by atoms with E-state index in [4.69, 9.17) is 9.84 Å². The van der Waals surface area contributed by atoms with Crippen molar-refractivity contribution in [2.45, 2.75) is 32.4 Å². The summed E-state index contributed by atoms with van der Waals surface area (Å²) in [6.45, 7) is 4.59. The highest BCUT2D eigenvalue weighted by Gasteiger charge is 2.06. The lowest BCUT2D eigenvalue weighted by Crippen LogP contribution is -2.34. The Labute approximate surface area is 104 Å². The number of rotatable bonds is 9. The molecule has 0 fully saturated rings. The number of hydrogen-bond donors (Lipinski definition) is 2. The Hall–Kier alpha value is -0.900. The molecular formula is C14H23NO2. The second kappa shape index (κ2) is 9.16. The number of nitrogens with one attached hydrogen (secondary N) is 1. The minimum atomic E-state index is 0.204. The fourth-order valence-corrected chi connectivity index (χ4v) is 1.64. The Morgan fingerprint density at radius 1 is 1.29 bits per heavy atom. The SMILES string of the molecule is CCCNC(CCO)COCc1ccccc1. The van der Waals surface area contributed by atoms with Crippen LogP contribution < -0.4 is 5.32 Å². The third-order valence-corrected chi connectivity index (χ3v) is 2.59. The normalized spacial score (nSPS) is 12.6. The first-order chi connectivity index (χ1) is 8.36. The van der Waals surface area contributed by atoms with E-state index in [0.717, 1.165) is 19.4 Å². The van der Waals surface area contributed by atoms with Gasteiger partial charge in [0.05, 0.1) is 13.2 Å². The van der Waals surface area contributed by atoms with Crippen molar-refractivity contribution in [3.8, 4) is 0 Å². The molecule has 0 aromatic heterocycles. The molecule has 2 N–H and O–H groups in total. The largest absolute Gasteiger partial charge is 0.396 e. The van der Waals surface area contributed by atoms with Crippen LogP contribution in [0.5, 0.6) is 0 Å². The molecule has 17 heavy (non-hydrogen) atoms. The molecule has 1 unspecified atom stereocenters. The van der Waals surface area contributed by atoms with Gasteiger partial charge in [0.2, 0.25) is 0 Å². The quantitative estimate of drug-likeness (QED) is 0.690. The smallest absolute Gasteiger partial charge is 0.0717 e. The van der Waals surface area contributed by atoms with Gasteiger partial charge in [0, 0.05) is 12.6 Å². The van der Waals surface area contributed by atoms with Gasteiger partial charge in [-0.3, -0.25) is 0 Å². The lowest BCUT2D eigenvalue weighted by molar-refractivity contribution is 0.0901. The van der Waals surface area contributed by atoms with Gasteiger partial charge in [-0.05, 0) is 24.9 Å². The summed E-state index contributed by atoms with van der Waals surface area (Å²) in [5.41, 5.74) is 1.19. The van der Waals surface area contributed by atoms with E-state index in [1.807, 2.05) is 18.2 Å². The number of hydrogen-bond acceptors (Lipinski definition) is 3. The molecule has 0 aliphatic heterocycles. The van der Waals surface area contributed by atoms with E-state index in [0.29, 0.717) is 13.2 Å². The summed E-state index contributed by atoms with van der Waals surface area (Å²) in [5, 5.41) is 12.3. The minimum Gasteiger partial charge on any atom is -0.396 e. The topological polar surface area (TPSA) is 41.5 Å². The molecule has 1 aromatic carbocycles. The Balaban J connectivity index is 2.22. The van der Waals surface area contributed by atoms with Gasteiger partial charge in [-0.1, -0.05) is 37.3 Å². The fraction of sp³-hybridized carbons (Fsp3) is 0.571. The third kappa shape index (κ3) is 6.41. The minimum absolute atomic E-state index is 0.204. The highest BCUT2D eigenvalue weighted by Crippen LogP contribution is 2.02. The molecule has 0 saturated heterocycles. The van der Waals surface area contributed by atoms with E-state index in [1.165, 1.54) is 5.56 Å². The molecule has 0 bridgehead atoms. The highest BCUT2D eigenvalue weighted by atomic mass is 16.5. The first-order valence-electron chi connectivity index (χ1n) is 6.32. The Kier molecular flexibility index (Phi) is 7.63. The molecule has 1 rings (SSSR count). The molecule has 0 spiro atoms. The number of benzene rings is 1. The van der Waals surface area contributed by atoms with Gasteiger partial charge in [0.1, 0.15) is 0 Å². The van der Waals surface area contributed by atoms with Crippen LogP contribution in [0.3, 0.4) is 0 Å². The van der Waals surface area contributed by atoms with Gasteiger partial charge in [-0.15, -0.1) is 0 Å². The summed E-state index contributed by atoms with van der Waals surface area (Å²) in [6, 6.07) is 10.4. The molecule has 3 nitrogen and oxygen atoms in total. The zero-order chi connectivity index (χ0) is 12.3. The maximum absolute atomic E-state index is 8.96. The van der Waals surface area contributed by atoms with Crippen molar-refractivity contribution in [2.24, 2.45) is 0 Å². The first-order valence-corrected chi connectivity index (χ1v) is 6.32. The predicted octanol–water partition coefficient (Wildman–Crippen LogP) is 1.95. The predicted molar refractivity (Wildman–Crippen MR) is 69.9 cm³/mol. The van der Waals surface area contributed by atoms with Crippen LogP contribution in [-0.4, -0.2) is 30.9 Å². The van der Waals surface area contributed by atoms with Gasteiger partial charge < -0.3 is 15.2 Å². The molecule has 0 heterocycles. The van der Waals surface area contributed by atoms with E-state index in [9.17, 15) is 0 Å². The fourth-order valence-electron chi connectivity index (χ4n) is 1.64. The first kappa shape index (κ1) is 14.2. The maximum atomic E-state index is 8.96. The average Bonchev–Trinajstić information content (AvgIpc) is 2.37. The van der Waals surface area contributed by atoms with Gasteiger partial charge in [-0.25, -0.2) is 0 Å². The third-order valence-electron chi connectivity index (χ3n) is 2.59. The number of aliphatic hydroxyl groups excluding tert-OH is 1. The van der Waals surface area contributed by atoms with Gasteiger partial charge in [0.15, 0.2) is 0 Å². The van der Waals surface area contributed by atoms with Gasteiger partial charge in [-0.2, -0.15) is 0 Å². The van der Waals surface area contributed by atoms with Crippen molar-refractivity contribution in [1.82, 2.24) is 5.32 Å². The van der Waals surface area contributed by atoms with Crippen LogP contribution >= 0.6 is 0 Å². The van der Waals surface area contributed by atoms with Crippen LogP contribution in [0.25, 0.3) is 0 Å². The van der Waals surface area contributed by atoms with Crippen molar-refractivity contribution in [1.29, 1.82) is 0 Å². The molecule has 0 saturated carbocycles. The monoisotopic (exact) mass is 237 g/mol. The summed E-state index contributed by atoms with van der Waals surface area (Å²) < 4.78 is 5.66. The van der Waals surface area contributed by atoms with E-state index >= 15 is 0 Å². The van der Waals surface area contributed by atoms with Crippen molar-refractivity contribution in [2.75, 3.05) is 19.8 Å².